The second-order valence-electron chi connectivity index (χ2n) is 3.73. The molecule has 1 atom stereocenters. The molecular formula is C11H15ClN2S. The lowest BCUT2D eigenvalue weighted by Crippen LogP contribution is -2.20. The van der Waals surface area contributed by atoms with Crippen LogP contribution in [0.4, 0.5) is 5.82 Å². The topological polar surface area (TPSA) is 24.9 Å². The Morgan fingerprint density at radius 2 is 2.40 bits per heavy atom. The van der Waals surface area contributed by atoms with Crippen LogP contribution >= 0.6 is 23.4 Å². The summed E-state index contributed by atoms with van der Waals surface area (Å²) in [6, 6.07) is 3.79. The number of pyridine rings is 1. The van der Waals surface area contributed by atoms with Crippen molar-refractivity contribution in [2.24, 2.45) is 0 Å². The number of hydrogen-bond acceptors (Lipinski definition) is 3. The van der Waals surface area contributed by atoms with Crippen molar-refractivity contribution in [3.05, 3.63) is 23.4 Å². The van der Waals surface area contributed by atoms with Gasteiger partial charge in [0.05, 0.1) is 5.02 Å². The van der Waals surface area contributed by atoms with Gasteiger partial charge in [0, 0.05) is 18.0 Å². The Kier molecular flexibility index (Phi) is 4.15. The summed E-state index contributed by atoms with van der Waals surface area (Å²) in [4.78, 5) is 4.21. The van der Waals surface area contributed by atoms with Crippen LogP contribution in [0.5, 0.6) is 0 Å². The Morgan fingerprint density at radius 3 is 3.07 bits per heavy atom. The highest BCUT2D eigenvalue weighted by Crippen LogP contribution is 2.25. The summed E-state index contributed by atoms with van der Waals surface area (Å²) in [6.45, 7) is 1.01. The molecule has 0 radical (unpaired) electrons. The maximum absolute atomic E-state index is 5.77. The molecule has 4 heteroatoms. The normalized spacial score (nSPS) is 21.3. The van der Waals surface area contributed by atoms with Crippen molar-refractivity contribution in [2.45, 2.75) is 24.5 Å². The van der Waals surface area contributed by atoms with Crippen LogP contribution in [-0.4, -0.2) is 22.5 Å². The highest BCUT2D eigenvalue weighted by molar-refractivity contribution is 7.99. The molecule has 2 nitrogen and oxygen atoms in total. The minimum atomic E-state index is 0.688. The van der Waals surface area contributed by atoms with Gasteiger partial charge in [0.25, 0.3) is 0 Å². The molecule has 0 aliphatic carbocycles. The highest BCUT2D eigenvalue weighted by atomic mass is 35.5. The summed E-state index contributed by atoms with van der Waals surface area (Å²) in [6.07, 6.45) is 5.75. The van der Waals surface area contributed by atoms with Gasteiger partial charge in [-0.1, -0.05) is 18.0 Å². The van der Waals surface area contributed by atoms with Crippen molar-refractivity contribution < 1.29 is 0 Å². The number of anilines is 1. The van der Waals surface area contributed by atoms with Gasteiger partial charge in [-0.2, -0.15) is 11.8 Å². The van der Waals surface area contributed by atoms with E-state index in [9.17, 15) is 0 Å². The van der Waals surface area contributed by atoms with Crippen molar-refractivity contribution in [1.29, 1.82) is 0 Å². The Bertz CT molecular complexity index is 296. The van der Waals surface area contributed by atoms with Gasteiger partial charge in [-0.05, 0) is 30.7 Å². The van der Waals surface area contributed by atoms with Crippen LogP contribution in [0.2, 0.25) is 5.02 Å². The maximum Gasteiger partial charge on any atom is 0.126 e. The standard InChI is InChI=1S/C11H15ClN2S/c12-9-4-5-11(13-7-9)14-8-10-3-1-2-6-15-10/h4-5,7,10H,1-3,6,8H2,(H,13,14). The largest absolute Gasteiger partial charge is 0.369 e. The summed E-state index contributed by atoms with van der Waals surface area (Å²) in [5.41, 5.74) is 0. The summed E-state index contributed by atoms with van der Waals surface area (Å²) < 4.78 is 0. The van der Waals surface area contributed by atoms with Gasteiger partial charge < -0.3 is 5.32 Å². The molecule has 1 unspecified atom stereocenters. The van der Waals surface area contributed by atoms with Gasteiger partial charge in [-0.25, -0.2) is 4.98 Å². The molecule has 1 N–H and O–H groups in total. The molecule has 82 valence electrons. The Morgan fingerprint density at radius 1 is 1.47 bits per heavy atom. The predicted molar refractivity (Wildman–Crippen MR) is 67.8 cm³/mol. The molecule has 0 aromatic carbocycles. The second-order valence-corrected chi connectivity index (χ2v) is 5.58. The molecule has 1 aromatic rings. The van der Waals surface area contributed by atoms with Gasteiger partial charge in [-0.3, -0.25) is 0 Å². The fourth-order valence-corrected chi connectivity index (χ4v) is 3.02. The average Bonchev–Trinajstić information content (AvgIpc) is 2.30. The molecule has 0 saturated carbocycles. The first-order valence-electron chi connectivity index (χ1n) is 5.31. The highest BCUT2D eigenvalue weighted by Gasteiger charge is 2.13. The van der Waals surface area contributed by atoms with Crippen LogP contribution in [0.3, 0.4) is 0 Å². The number of halogens is 1. The summed E-state index contributed by atoms with van der Waals surface area (Å²) >= 11 is 7.84. The predicted octanol–water partition coefficient (Wildman–Crippen LogP) is 3.43. The second kappa shape index (κ2) is 5.61. The molecule has 2 heterocycles. The Balaban J connectivity index is 1.79. The van der Waals surface area contributed by atoms with Gasteiger partial charge in [0.15, 0.2) is 0 Å². The third kappa shape index (κ3) is 3.58. The van der Waals surface area contributed by atoms with E-state index in [1.54, 1.807) is 6.20 Å². The van der Waals surface area contributed by atoms with E-state index in [-0.39, 0.29) is 0 Å². The minimum Gasteiger partial charge on any atom is -0.369 e. The van der Waals surface area contributed by atoms with Gasteiger partial charge in [-0.15, -0.1) is 0 Å². The van der Waals surface area contributed by atoms with Gasteiger partial charge in [0.1, 0.15) is 5.82 Å². The number of thioether (sulfide) groups is 1. The van der Waals surface area contributed by atoms with E-state index in [2.05, 4.69) is 22.1 Å². The van der Waals surface area contributed by atoms with Crippen molar-refractivity contribution in [2.75, 3.05) is 17.6 Å². The van der Waals surface area contributed by atoms with E-state index >= 15 is 0 Å². The van der Waals surface area contributed by atoms with E-state index in [4.69, 9.17) is 11.6 Å². The van der Waals surface area contributed by atoms with Crippen molar-refractivity contribution in [3.8, 4) is 0 Å². The number of aromatic nitrogens is 1. The third-order valence-corrected chi connectivity index (χ3v) is 4.13. The number of hydrogen-bond donors (Lipinski definition) is 1. The first-order chi connectivity index (χ1) is 7.34. The van der Waals surface area contributed by atoms with Crippen LogP contribution < -0.4 is 5.32 Å². The molecule has 1 aliphatic heterocycles. The zero-order valence-electron chi connectivity index (χ0n) is 8.58. The summed E-state index contributed by atoms with van der Waals surface area (Å²) in [5, 5.41) is 4.79. The van der Waals surface area contributed by atoms with Crippen LogP contribution in [0.15, 0.2) is 18.3 Å². The van der Waals surface area contributed by atoms with Crippen LogP contribution in [0, 0.1) is 0 Å². The van der Waals surface area contributed by atoms with E-state index in [1.807, 2.05) is 12.1 Å². The SMILES string of the molecule is Clc1ccc(NCC2CCCCS2)nc1. The molecule has 2 rings (SSSR count). The number of nitrogens with zero attached hydrogens (tertiary/aromatic N) is 1. The van der Waals surface area contributed by atoms with E-state index < -0.39 is 0 Å². The molecule has 1 aliphatic rings. The molecular weight excluding hydrogens is 228 g/mol. The van der Waals surface area contributed by atoms with Gasteiger partial charge >= 0.3 is 0 Å². The van der Waals surface area contributed by atoms with Crippen molar-refractivity contribution in [1.82, 2.24) is 4.98 Å². The lowest BCUT2D eigenvalue weighted by atomic mass is 10.2. The zero-order chi connectivity index (χ0) is 10.5. The molecule has 1 aromatic heterocycles. The summed E-state index contributed by atoms with van der Waals surface area (Å²) in [5.74, 6) is 2.23. The number of nitrogens with one attached hydrogen (secondary N) is 1. The first-order valence-corrected chi connectivity index (χ1v) is 6.74. The Hall–Kier alpha value is -0.410. The molecule has 1 fully saturated rings. The average molecular weight is 243 g/mol. The van der Waals surface area contributed by atoms with Crippen molar-refractivity contribution in [3.63, 3.8) is 0 Å². The number of rotatable bonds is 3. The fourth-order valence-electron chi connectivity index (χ4n) is 1.67. The monoisotopic (exact) mass is 242 g/mol. The quantitative estimate of drug-likeness (QED) is 0.879. The lowest BCUT2D eigenvalue weighted by Gasteiger charge is -2.21. The molecule has 0 bridgehead atoms. The summed E-state index contributed by atoms with van der Waals surface area (Å²) in [7, 11) is 0. The molecule has 15 heavy (non-hydrogen) atoms. The lowest BCUT2D eigenvalue weighted by molar-refractivity contribution is 0.677. The zero-order valence-corrected chi connectivity index (χ0v) is 10.2. The van der Waals surface area contributed by atoms with E-state index in [0.717, 1.165) is 17.6 Å². The van der Waals surface area contributed by atoms with E-state index in [1.165, 1.54) is 25.0 Å². The fraction of sp³-hybridized carbons (Fsp3) is 0.545. The molecule has 1 saturated heterocycles. The third-order valence-electron chi connectivity index (χ3n) is 2.51. The molecule has 0 amide bonds. The smallest absolute Gasteiger partial charge is 0.126 e. The minimum absolute atomic E-state index is 0.688. The maximum atomic E-state index is 5.77. The van der Waals surface area contributed by atoms with E-state index in [0.29, 0.717) is 5.02 Å². The van der Waals surface area contributed by atoms with Crippen LogP contribution in [0.25, 0.3) is 0 Å². The van der Waals surface area contributed by atoms with Crippen LogP contribution in [0.1, 0.15) is 19.3 Å². The van der Waals surface area contributed by atoms with Gasteiger partial charge in [0.2, 0.25) is 0 Å². The molecule has 0 spiro atoms. The first kappa shape index (κ1) is 11.1. The Labute approximate surface area is 99.8 Å². The van der Waals surface area contributed by atoms with Crippen LogP contribution in [-0.2, 0) is 0 Å². The van der Waals surface area contributed by atoms with Crippen molar-refractivity contribution >= 4 is 29.2 Å².